The molecule has 0 bridgehead atoms. The summed E-state index contributed by atoms with van der Waals surface area (Å²) < 4.78 is 0. The molecule has 0 spiro atoms. The number of aryl methyl sites for hydroxylation is 3. The van der Waals surface area contributed by atoms with Crippen LogP contribution in [0.15, 0.2) is 24.4 Å². The van der Waals surface area contributed by atoms with E-state index >= 15 is 0 Å². The minimum absolute atomic E-state index is 0.404. The summed E-state index contributed by atoms with van der Waals surface area (Å²) in [4.78, 5) is 7.95. The maximum absolute atomic E-state index is 4.48. The van der Waals surface area contributed by atoms with Gasteiger partial charge in [0.15, 0.2) is 0 Å². The first-order chi connectivity index (χ1) is 8.74. The van der Waals surface area contributed by atoms with Crippen LogP contribution in [0, 0.1) is 6.92 Å². The Kier molecular flexibility index (Phi) is 3.53. The van der Waals surface area contributed by atoms with Crippen molar-refractivity contribution in [2.45, 2.75) is 37.4 Å². The molecule has 0 saturated heterocycles. The molecule has 0 fully saturated rings. The first-order valence-electron chi connectivity index (χ1n) is 6.40. The first-order valence-corrected chi connectivity index (χ1v) is 8.13. The standard InChI is InChI=1S/C15H16BrNS/c1-10-4-3-7-17-13(10)9-12(16)15-8-11-5-2-6-14(11)18-15/h3-4,7-8,12H,2,5-6,9H2,1H3. The number of halogens is 1. The zero-order valence-corrected chi connectivity index (χ0v) is 12.9. The molecule has 2 heterocycles. The third kappa shape index (κ3) is 2.39. The Labute approximate surface area is 120 Å². The zero-order chi connectivity index (χ0) is 12.5. The van der Waals surface area contributed by atoms with Gasteiger partial charge in [0.25, 0.3) is 0 Å². The van der Waals surface area contributed by atoms with Crippen LogP contribution in [0.3, 0.4) is 0 Å². The van der Waals surface area contributed by atoms with E-state index in [0.29, 0.717) is 4.83 Å². The van der Waals surface area contributed by atoms with Crippen molar-refractivity contribution in [3.8, 4) is 0 Å². The van der Waals surface area contributed by atoms with E-state index in [1.54, 1.807) is 10.4 Å². The van der Waals surface area contributed by atoms with E-state index in [2.05, 4.69) is 40.0 Å². The lowest BCUT2D eigenvalue weighted by Crippen LogP contribution is -1.98. The molecule has 1 aliphatic rings. The number of hydrogen-bond donors (Lipinski definition) is 0. The molecule has 1 unspecified atom stereocenters. The number of nitrogens with zero attached hydrogens (tertiary/aromatic N) is 1. The molecule has 1 atom stereocenters. The Morgan fingerprint density at radius 1 is 1.44 bits per heavy atom. The van der Waals surface area contributed by atoms with Crippen LogP contribution in [0.1, 0.15) is 37.8 Å². The summed E-state index contributed by atoms with van der Waals surface area (Å²) >= 11 is 5.81. The summed E-state index contributed by atoms with van der Waals surface area (Å²) in [5, 5.41) is 0. The number of rotatable bonds is 3. The van der Waals surface area contributed by atoms with Gasteiger partial charge < -0.3 is 0 Å². The molecule has 2 aromatic heterocycles. The van der Waals surface area contributed by atoms with E-state index in [1.807, 2.05) is 23.6 Å². The van der Waals surface area contributed by atoms with Gasteiger partial charge in [-0.05, 0) is 49.4 Å². The van der Waals surface area contributed by atoms with Gasteiger partial charge in [-0.1, -0.05) is 22.0 Å². The highest BCUT2D eigenvalue weighted by molar-refractivity contribution is 9.09. The quantitative estimate of drug-likeness (QED) is 0.752. The molecular weight excluding hydrogens is 306 g/mol. The molecular formula is C15H16BrNS. The second-order valence-corrected chi connectivity index (χ2v) is 7.16. The van der Waals surface area contributed by atoms with Crippen molar-refractivity contribution in [3.63, 3.8) is 0 Å². The molecule has 1 aliphatic carbocycles. The summed E-state index contributed by atoms with van der Waals surface area (Å²) in [6, 6.07) is 6.53. The number of fused-ring (bicyclic) bond motifs is 1. The van der Waals surface area contributed by atoms with Gasteiger partial charge in [0.2, 0.25) is 0 Å². The maximum atomic E-state index is 4.48. The second-order valence-electron chi connectivity index (χ2n) is 4.89. The molecule has 2 aromatic rings. The van der Waals surface area contributed by atoms with Crippen molar-refractivity contribution in [1.29, 1.82) is 0 Å². The van der Waals surface area contributed by atoms with E-state index in [0.717, 1.165) is 6.42 Å². The lowest BCUT2D eigenvalue weighted by molar-refractivity contribution is 0.894. The highest BCUT2D eigenvalue weighted by Crippen LogP contribution is 2.38. The Morgan fingerprint density at radius 2 is 2.33 bits per heavy atom. The maximum Gasteiger partial charge on any atom is 0.0544 e. The molecule has 0 aromatic carbocycles. The molecule has 18 heavy (non-hydrogen) atoms. The normalized spacial score (nSPS) is 15.7. The van der Waals surface area contributed by atoms with Crippen molar-refractivity contribution in [2.24, 2.45) is 0 Å². The highest BCUT2D eigenvalue weighted by Gasteiger charge is 2.19. The summed E-state index contributed by atoms with van der Waals surface area (Å²) in [6.07, 6.45) is 6.76. The van der Waals surface area contributed by atoms with Crippen molar-refractivity contribution in [3.05, 3.63) is 51.0 Å². The predicted molar refractivity (Wildman–Crippen MR) is 80.7 cm³/mol. The molecule has 3 rings (SSSR count). The minimum atomic E-state index is 0.404. The van der Waals surface area contributed by atoms with E-state index in [1.165, 1.54) is 35.4 Å². The van der Waals surface area contributed by atoms with E-state index in [9.17, 15) is 0 Å². The Balaban J connectivity index is 1.78. The molecule has 1 nitrogen and oxygen atoms in total. The van der Waals surface area contributed by atoms with Crippen LogP contribution in [0.2, 0.25) is 0 Å². The van der Waals surface area contributed by atoms with E-state index in [4.69, 9.17) is 0 Å². The fraction of sp³-hybridized carbons (Fsp3) is 0.400. The fourth-order valence-corrected chi connectivity index (χ4v) is 4.46. The average Bonchev–Trinajstić information content (AvgIpc) is 2.92. The minimum Gasteiger partial charge on any atom is -0.261 e. The first kappa shape index (κ1) is 12.4. The third-order valence-electron chi connectivity index (χ3n) is 3.56. The van der Waals surface area contributed by atoms with Gasteiger partial charge in [0, 0.05) is 28.1 Å². The van der Waals surface area contributed by atoms with Gasteiger partial charge in [-0.25, -0.2) is 0 Å². The zero-order valence-electron chi connectivity index (χ0n) is 10.4. The molecule has 3 heteroatoms. The molecule has 0 radical (unpaired) electrons. The number of alkyl halides is 1. The van der Waals surface area contributed by atoms with E-state index in [-0.39, 0.29) is 0 Å². The summed E-state index contributed by atoms with van der Waals surface area (Å²) in [5.74, 6) is 0. The number of thiophene rings is 1. The Bertz CT molecular complexity index is 540. The average molecular weight is 322 g/mol. The van der Waals surface area contributed by atoms with Gasteiger partial charge in [0.1, 0.15) is 0 Å². The van der Waals surface area contributed by atoms with Crippen LogP contribution >= 0.6 is 27.3 Å². The van der Waals surface area contributed by atoms with Crippen molar-refractivity contribution < 1.29 is 0 Å². The lowest BCUT2D eigenvalue weighted by atomic mass is 10.1. The number of hydrogen-bond acceptors (Lipinski definition) is 2. The van der Waals surface area contributed by atoms with Crippen LogP contribution in [0.4, 0.5) is 0 Å². The summed E-state index contributed by atoms with van der Waals surface area (Å²) in [6.45, 7) is 2.14. The van der Waals surface area contributed by atoms with Gasteiger partial charge >= 0.3 is 0 Å². The third-order valence-corrected chi connectivity index (χ3v) is 6.04. The summed E-state index contributed by atoms with van der Waals surface area (Å²) in [7, 11) is 0. The van der Waals surface area contributed by atoms with E-state index < -0.39 is 0 Å². The predicted octanol–water partition coefficient (Wildman–Crippen LogP) is 4.62. The van der Waals surface area contributed by atoms with Crippen LogP contribution in [-0.2, 0) is 19.3 Å². The van der Waals surface area contributed by atoms with Gasteiger partial charge in [-0.3, -0.25) is 4.98 Å². The highest BCUT2D eigenvalue weighted by atomic mass is 79.9. The second kappa shape index (κ2) is 5.14. The molecule has 0 saturated carbocycles. The van der Waals surface area contributed by atoms with Gasteiger partial charge in [-0.15, -0.1) is 11.3 Å². The lowest BCUT2D eigenvalue weighted by Gasteiger charge is -2.09. The van der Waals surface area contributed by atoms with Gasteiger partial charge in [-0.2, -0.15) is 0 Å². The molecule has 94 valence electrons. The fourth-order valence-electron chi connectivity index (χ4n) is 2.51. The van der Waals surface area contributed by atoms with Crippen molar-refractivity contribution >= 4 is 27.3 Å². The SMILES string of the molecule is Cc1cccnc1CC(Br)c1cc2c(s1)CCC2. The molecule has 0 amide bonds. The van der Waals surface area contributed by atoms with Crippen LogP contribution in [0.5, 0.6) is 0 Å². The monoisotopic (exact) mass is 321 g/mol. The molecule has 0 N–H and O–H groups in total. The number of pyridine rings is 1. The topological polar surface area (TPSA) is 12.9 Å². The Morgan fingerprint density at radius 3 is 3.11 bits per heavy atom. The number of aromatic nitrogens is 1. The summed E-state index contributed by atoms with van der Waals surface area (Å²) in [5.41, 5.74) is 4.07. The van der Waals surface area contributed by atoms with Crippen LogP contribution in [-0.4, -0.2) is 4.98 Å². The van der Waals surface area contributed by atoms with Crippen LogP contribution in [0.25, 0.3) is 0 Å². The van der Waals surface area contributed by atoms with Crippen molar-refractivity contribution in [1.82, 2.24) is 4.98 Å². The van der Waals surface area contributed by atoms with Gasteiger partial charge in [0.05, 0.1) is 4.83 Å². The molecule has 0 aliphatic heterocycles. The van der Waals surface area contributed by atoms with Crippen LogP contribution < -0.4 is 0 Å². The van der Waals surface area contributed by atoms with Crippen molar-refractivity contribution in [2.75, 3.05) is 0 Å². The Hall–Kier alpha value is -0.670. The largest absolute Gasteiger partial charge is 0.261 e. The smallest absolute Gasteiger partial charge is 0.0544 e.